The molecule has 0 spiro atoms. The average Bonchev–Trinajstić information content (AvgIpc) is 2.94. The van der Waals surface area contributed by atoms with E-state index in [9.17, 15) is 10.1 Å². The largest absolute Gasteiger partial charge is 0.333 e. The summed E-state index contributed by atoms with van der Waals surface area (Å²) < 4.78 is 3.99. The Balaban J connectivity index is 2.06. The van der Waals surface area contributed by atoms with Gasteiger partial charge in [0, 0.05) is 16.9 Å². The summed E-state index contributed by atoms with van der Waals surface area (Å²) in [5.74, 6) is 0. The Morgan fingerprint density at radius 3 is 2.54 bits per heavy atom. The van der Waals surface area contributed by atoms with E-state index < -0.39 is 5.41 Å². The van der Waals surface area contributed by atoms with Crippen molar-refractivity contribution in [3.05, 3.63) is 68.1 Å². The van der Waals surface area contributed by atoms with Crippen LogP contribution in [0.2, 0.25) is 5.02 Å². The van der Waals surface area contributed by atoms with Crippen molar-refractivity contribution < 1.29 is 0 Å². The first-order valence-electron chi connectivity index (χ1n) is 8.62. The average molecular weight is 456 g/mol. The molecule has 0 saturated carbocycles. The van der Waals surface area contributed by atoms with Crippen LogP contribution in [0.5, 0.6) is 0 Å². The van der Waals surface area contributed by atoms with Crippen LogP contribution in [0.4, 0.5) is 0 Å². The number of rotatable bonds is 2. The molecular formula is C21H16BrClN4O. The van der Waals surface area contributed by atoms with E-state index in [-0.39, 0.29) is 5.69 Å². The molecule has 2 heterocycles. The van der Waals surface area contributed by atoms with Crippen molar-refractivity contribution in [2.75, 3.05) is 0 Å². The fourth-order valence-corrected chi connectivity index (χ4v) is 3.82. The molecule has 0 atom stereocenters. The van der Waals surface area contributed by atoms with Crippen LogP contribution in [-0.2, 0) is 12.5 Å². The Labute approximate surface area is 174 Å². The fraction of sp³-hybridized carbons (Fsp3) is 0.190. The predicted octanol–water partition coefficient (Wildman–Crippen LogP) is 5.09. The summed E-state index contributed by atoms with van der Waals surface area (Å²) in [6.07, 6.45) is 1.69. The molecule has 4 rings (SSSR count). The lowest BCUT2D eigenvalue weighted by molar-refractivity contribution is 0.686. The topological polar surface area (TPSA) is 63.6 Å². The quantitative estimate of drug-likeness (QED) is 0.423. The number of imidazole rings is 1. The first-order chi connectivity index (χ1) is 13.2. The van der Waals surface area contributed by atoms with Gasteiger partial charge in [0.25, 0.3) is 0 Å². The van der Waals surface area contributed by atoms with Crippen LogP contribution in [0, 0.1) is 11.3 Å². The smallest absolute Gasteiger partial charge is 0.293 e. The molecule has 0 unspecified atom stereocenters. The zero-order valence-electron chi connectivity index (χ0n) is 15.5. The van der Waals surface area contributed by atoms with Crippen LogP contribution in [-0.4, -0.2) is 14.1 Å². The van der Waals surface area contributed by atoms with Crippen LogP contribution in [0.1, 0.15) is 19.4 Å². The molecule has 0 aliphatic rings. The van der Waals surface area contributed by atoms with Gasteiger partial charge in [0.05, 0.1) is 44.9 Å². The second-order valence-electron chi connectivity index (χ2n) is 7.24. The van der Waals surface area contributed by atoms with Gasteiger partial charge in [0.2, 0.25) is 0 Å². The molecule has 0 aliphatic heterocycles. The van der Waals surface area contributed by atoms with E-state index in [0.29, 0.717) is 10.5 Å². The number of nitriles is 1. The number of aromatic nitrogens is 3. The fourth-order valence-electron chi connectivity index (χ4n) is 3.32. The molecule has 0 saturated heterocycles. The summed E-state index contributed by atoms with van der Waals surface area (Å²) in [5.41, 5.74) is 3.07. The molecule has 28 heavy (non-hydrogen) atoms. The first-order valence-corrected chi connectivity index (χ1v) is 9.79. The number of benzene rings is 2. The summed E-state index contributed by atoms with van der Waals surface area (Å²) in [6, 6.07) is 13.5. The van der Waals surface area contributed by atoms with E-state index in [0.717, 1.165) is 32.1 Å². The van der Waals surface area contributed by atoms with Crippen LogP contribution in [0.25, 0.3) is 27.6 Å². The molecule has 0 aliphatic carbocycles. The molecule has 4 aromatic rings. The van der Waals surface area contributed by atoms with Crippen LogP contribution >= 0.6 is 27.5 Å². The number of nitrogens with zero attached hydrogens (tertiary/aromatic N) is 4. The number of halogens is 2. The molecule has 2 aromatic carbocycles. The van der Waals surface area contributed by atoms with E-state index in [1.807, 2.05) is 44.2 Å². The third-order valence-electron chi connectivity index (χ3n) is 5.05. The van der Waals surface area contributed by atoms with Crippen molar-refractivity contribution >= 4 is 49.5 Å². The first kappa shape index (κ1) is 18.7. The van der Waals surface area contributed by atoms with E-state index >= 15 is 0 Å². The normalized spacial score (nSPS) is 11.9. The minimum atomic E-state index is -0.597. The molecule has 5 nitrogen and oxygen atoms in total. The summed E-state index contributed by atoms with van der Waals surface area (Å²) in [7, 11) is 1.73. The number of hydrogen-bond acceptors (Lipinski definition) is 3. The minimum absolute atomic E-state index is 0.164. The van der Waals surface area contributed by atoms with Gasteiger partial charge in [-0.2, -0.15) is 5.26 Å². The maximum Gasteiger partial charge on any atom is 0.333 e. The third kappa shape index (κ3) is 2.74. The van der Waals surface area contributed by atoms with Crippen LogP contribution < -0.4 is 5.69 Å². The van der Waals surface area contributed by atoms with Gasteiger partial charge in [0.1, 0.15) is 0 Å². The minimum Gasteiger partial charge on any atom is -0.293 e. The molecule has 140 valence electrons. The molecular weight excluding hydrogens is 440 g/mol. The highest BCUT2D eigenvalue weighted by Crippen LogP contribution is 2.32. The third-order valence-corrected chi connectivity index (χ3v) is 6.25. The van der Waals surface area contributed by atoms with E-state index in [1.165, 1.54) is 0 Å². The lowest BCUT2D eigenvalue weighted by Gasteiger charge is -2.16. The highest BCUT2D eigenvalue weighted by atomic mass is 79.9. The van der Waals surface area contributed by atoms with Crippen LogP contribution in [0.3, 0.4) is 0 Å². The van der Waals surface area contributed by atoms with Crippen molar-refractivity contribution in [1.82, 2.24) is 14.1 Å². The highest BCUT2D eigenvalue weighted by molar-refractivity contribution is 9.10. The van der Waals surface area contributed by atoms with Gasteiger partial charge in [0.15, 0.2) is 0 Å². The Morgan fingerprint density at radius 2 is 1.89 bits per heavy atom. The summed E-state index contributed by atoms with van der Waals surface area (Å²) in [5, 5.41) is 10.7. The maximum absolute atomic E-state index is 13.0. The van der Waals surface area contributed by atoms with Gasteiger partial charge in [-0.25, -0.2) is 4.79 Å². The van der Waals surface area contributed by atoms with Gasteiger partial charge >= 0.3 is 5.69 Å². The maximum atomic E-state index is 13.0. The standard InChI is InChI=1S/C21H16BrClN4O/c1-21(2,11-24)12-4-6-13(7-5-12)27-19-14-8-15(22)16(23)9-17(14)25-10-18(19)26(3)20(27)28/h4-10H,1-3H3. The molecule has 0 bridgehead atoms. The van der Waals surface area contributed by atoms with Crippen molar-refractivity contribution in [2.45, 2.75) is 19.3 Å². The Bertz CT molecular complexity index is 1340. The monoisotopic (exact) mass is 454 g/mol. The van der Waals surface area contributed by atoms with Gasteiger partial charge < -0.3 is 0 Å². The molecule has 0 fully saturated rings. The lowest BCUT2D eigenvalue weighted by atomic mass is 9.86. The van der Waals surface area contributed by atoms with Gasteiger partial charge in [-0.05, 0) is 59.6 Å². The Morgan fingerprint density at radius 1 is 1.21 bits per heavy atom. The molecule has 2 aromatic heterocycles. The molecule has 0 amide bonds. The van der Waals surface area contributed by atoms with Crippen molar-refractivity contribution in [1.29, 1.82) is 5.26 Å². The van der Waals surface area contributed by atoms with E-state index in [4.69, 9.17) is 11.6 Å². The number of pyridine rings is 1. The second-order valence-corrected chi connectivity index (χ2v) is 8.50. The number of fused-ring (bicyclic) bond motifs is 3. The van der Waals surface area contributed by atoms with Gasteiger partial charge in [-0.15, -0.1) is 0 Å². The lowest BCUT2D eigenvalue weighted by Crippen LogP contribution is -2.21. The summed E-state index contributed by atoms with van der Waals surface area (Å²) in [4.78, 5) is 17.5. The second kappa shape index (κ2) is 6.47. The van der Waals surface area contributed by atoms with Gasteiger partial charge in [-0.1, -0.05) is 23.7 Å². The van der Waals surface area contributed by atoms with Gasteiger partial charge in [-0.3, -0.25) is 14.1 Å². The summed E-state index contributed by atoms with van der Waals surface area (Å²) >= 11 is 9.68. The predicted molar refractivity (Wildman–Crippen MR) is 115 cm³/mol. The molecule has 0 radical (unpaired) electrons. The Hall–Kier alpha value is -2.62. The zero-order valence-corrected chi connectivity index (χ0v) is 17.8. The molecule has 0 N–H and O–H groups in total. The molecule has 7 heteroatoms. The highest BCUT2D eigenvalue weighted by Gasteiger charge is 2.21. The number of hydrogen-bond donors (Lipinski definition) is 0. The Kier molecular flexibility index (Phi) is 4.33. The van der Waals surface area contributed by atoms with Crippen molar-refractivity contribution in [2.24, 2.45) is 7.05 Å². The van der Waals surface area contributed by atoms with E-state index in [2.05, 4.69) is 27.0 Å². The summed E-state index contributed by atoms with van der Waals surface area (Å²) in [6.45, 7) is 3.74. The SMILES string of the molecule is Cn1c(=O)n(-c2ccc(C(C)(C)C#N)cc2)c2c3cc(Br)c(Cl)cc3ncc21. The van der Waals surface area contributed by atoms with Crippen molar-refractivity contribution in [3.8, 4) is 11.8 Å². The zero-order chi connectivity index (χ0) is 20.2. The van der Waals surface area contributed by atoms with E-state index in [1.54, 1.807) is 28.4 Å². The number of aryl methyl sites for hydroxylation is 1. The van der Waals surface area contributed by atoms with Crippen molar-refractivity contribution in [3.63, 3.8) is 0 Å². The van der Waals surface area contributed by atoms with Crippen LogP contribution in [0.15, 0.2) is 51.9 Å².